The standard InChI is InChI=1S/C7H14O3.C5H11NOS/c1-3-4-6(8)5(2)7(9)10;1-2-5(7)6-3-4-8/h5-6,8H,3-4H2,1-2H3,(H,9,10);8H,2-4H2,1H3,(H,6,7). The lowest BCUT2D eigenvalue weighted by atomic mass is 10.0. The number of thiol groups is 1. The van der Waals surface area contributed by atoms with Crippen molar-refractivity contribution in [3.63, 3.8) is 0 Å². The fourth-order valence-electron chi connectivity index (χ4n) is 1.03. The molecule has 0 bridgehead atoms. The Morgan fingerprint density at radius 3 is 2.22 bits per heavy atom. The minimum atomic E-state index is -0.930. The van der Waals surface area contributed by atoms with Gasteiger partial charge in [-0.1, -0.05) is 20.3 Å². The van der Waals surface area contributed by atoms with E-state index in [4.69, 9.17) is 10.2 Å². The number of aliphatic carboxylic acids is 1. The molecular formula is C12H25NO4S. The van der Waals surface area contributed by atoms with Gasteiger partial charge < -0.3 is 15.5 Å². The number of hydrogen-bond acceptors (Lipinski definition) is 4. The van der Waals surface area contributed by atoms with Gasteiger partial charge in [0.15, 0.2) is 0 Å². The van der Waals surface area contributed by atoms with Crippen LogP contribution in [-0.4, -0.2) is 40.5 Å². The van der Waals surface area contributed by atoms with E-state index in [9.17, 15) is 9.59 Å². The molecule has 108 valence electrons. The number of aliphatic hydroxyl groups is 1. The van der Waals surface area contributed by atoms with Crippen LogP contribution in [0.15, 0.2) is 0 Å². The van der Waals surface area contributed by atoms with Gasteiger partial charge in [-0.25, -0.2) is 0 Å². The lowest BCUT2D eigenvalue weighted by Gasteiger charge is -2.12. The SMILES string of the molecule is CCC(=O)NCCS.CCCC(O)C(C)C(=O)O. The topological polar surface area (TPSA) is 86.6 Å². The molecule has 0 aromatic carbocycles. The minimum absolute atomic E-state index is 0.0963. The summed E-state index contributed by atoms with van der Waals surface area (Å²) in [6, 6.07) is 0. The molecule has 6 heteroatoms. The summed E-state index contributed by atoms with van der Waals surface area (Å²) in [5.74, 6) is -0.758. The Labute approximate surface area is 114 Å². The molecule has 5 nitrogen and oxygen atoms in total. The van der Waals surface area contributed by atoms with E-state index < -0.39 is 18.0 Å². The number of nitrogens with one attached hydrogen (secondary N) is 1. The zero-order valence-corrected chi connectivity index (χ0v) is 12.2. The van der Waals surface area contributed by atoms with Crippen molar-refractivity contribution in [3.05, 3.63) is 0 Å². The number of hydrogen-bond donors (Lipinski definition) is 4. The van der Waals surface area contributed by atoms with Gasteiger partial charge in [0, 0.05) is 18.7 Å². The monoisotopic (exact) mass is 279 g/mol. The zero-order chi connectivity index (χ0) is 14.6. The maximum Gasteiger partial charge on any atom is 0.308 e. The minimum Gasteiger partial charge on any atom is -0.481 e. The van der Waals surface area contributed by atoms with E-state index in [1.165, 1.54) is 6.92 Å². The van der Waals surface area contributed by atoms with Gasteiger partial charge in [-0.05, 0) is 13.3 Å². The van der Waals surface area contributed by atoms with Gasteiger partial charge in [-0.3, -0.25) is 9.59 Å². The van der Waals surface area contributed by atoms with Crippen LogP contribution in [0, 0.1) is 5.92 Å². The third kappa shape index (κ3) is 11.7. The normalized spacial score (nSPS) is 12.9. The molecule has 0 radical (unpaired) electrons. The molecule has 0 fully saturated rings. The van der Waals surface area contributed by atoms with Crippen molar-refractivity contribution < 1.29 is 19.8 Å². The van der Waals surface area contributed by atoms with E-state index in [1.807, 2.05) is 13.8 Å². The number of carboxylic acid groups (broad SMARTS) is 1. The molecule has 18 heavy (non-hydrogen) atoms. The van der Waals surface area contributed by atoms with Crippen molar-refractivity contribution in [1.29, 1.82) is 0 Å². The highest BCUT2D eigenvalue weighted by Gasteiger charge is 2.19. The average molecular weight is 279 g/mol. The molecule has 1 amide bonds. The van der Waals surface area contributed by atoms with Crippen molar-refractivity contribution >= 4 is 24.5 Å². The first-order chi connectivity index (χ1) is 8.40. The van der Waals surface area contributed by atoms with Crippen LogP contribution in [0.25, 0.3) is 0 Å². The molecule has 0 aliphatic carbocycles. The van der Waals surface area contributed by atoms with Gasteiger partial charge in [-0.15, -0.1) is 0 Å². The predicted octanol–water partition coefficient (Wildman–Crippen LogP) is 1.31. The van der Waals surface area contributed by atoms with E-state index in [0.717, 1.165) is 6.42 Å². The molecule has 0 heterocycles. The molecule has 2 unspecified atom stereocenters. The average Bonchev–Trinajstić information content (AvgIpc) is 2.35. The van der Waals surface area contributed by atoms with Crippen molar-refractivity contribution in [2.45, 2.75) is 46.1 Å². The summed E-state index contributed by atoms with van der Waals surface area (Å²) in [5, 5.41) is 20.2. The molecule has 3 N–H and O–H groups in total. The Balaban J connectivity index is 0. The highest BCUT2D eigenvalue weighted by Crippen LogP contribution is 2.08. The Morgan fingerprint density at radius 2 is 1.89 bits per heavy atom. The zero-order valence-electron chi connectivity index (χ0n) is 11.3. The van der Waals surface area contributed by atoms with Gasteiger partial charge in [0.1, 0.15) is 0 Å². The van der Waals surface area contributed by atoms with Crippen LogP contribution in [0.5, 0.6) is 0 Å². The summed E-state index contributed by atoms with van der Waals surface area (Å²) >= 11 is 3.92. The molecule has 0 rings (SSSR count). The first-order valence-corrected chi connectivity index (χ1v) is 6.82. The van der Waals surface area contributed by atoms with Gasteiger partial charge >= 0.3 is 5.97 Å². The predicted molar refractivity (Wildman–Crippen MR) is 74.9 cm³/mol. The van der Waals surface area contributed by atoms with Crippen molar-refractivity contribution in [2.75, 3.05) is 12.3 Å². The molecule has 0 saturated heterocycles. The van der Waals surface area contributed by atoms with Crippen LogP contribution in [0.1, 0.15) is 40.0 Å². The molecule has 0 aliphatic rings. The number of aliphatic hydroxyl groups excluding tert-OH is 1. The lowest BCUT2D eigenvalue weighted by Crippen LogP contribution is -2.24. The maximum absolute atomic E-state index is 10.4. The summed E-state index contributed by atoms with van der Waals surface area (Å²) in [7, 11) is 0. The summed E-state index contributed by atoms with van der Waals surface area (Å²) in [4.78, 5) is 20.7. The fourth-order valence-corrected chi connectivity index (χ4v) is 1.14. The van der Waals surface area contributed by atoms with Crippen LogP contribution >= 0.6 is 12.6 Å². The van der Waals surface area contributed by atoms with Crippen LogP contribution in [0.2, 0.25) is 0 Å². The summed E-state index contributed by atoms with van der Waals surface area (Å²) in [6.45, 7) is 5.93. The largest absolute Gasteiger partial charge is 0.481 e. The first-order valence-electron chi connectivity index (χ1n) is 6.19. The lowest BCUT2D eigenvalue weighted by molar-refractivity contribution is -0.144. The Morgan fingerprint density at radius 1 is 1.33 bits per heavy atom. The number of carbonyl (C=O) groups excluding carboxylic acids is 1. The molecule has 0 saturated carbocycles. The van der Waals surface area contributed by atoms with Gasteiger partial charge in [0.2, 0.25) is 5.91 Å². The smallest absolute Gasteiger partial charge is 0.308 e. The molecule has 0 spiro atoms. The molecular weight excluding hydrogens is 254 g/mol. The summed E-state index contributed by atoms with van der Waals surface area (Å²) in [6.07, 6.45) is 1.25. The second-order valence-corrected chi connectivity index (χ2v) is 4.36. The highest BCUT2D eigenvalue weighted by atomic mass is 32.1. The van der Waals surface area contributed by atoms with Crippen LogP contribution < -0.4 is 5.32 Å². The van der Waals surface area contributed by atoms with E-state index in [1.54, 1.807) is 0 Å². The van der Waals surface area contributed by atoms with Crippen LogP contribution in [-0.2, 0) is 9.59 Å². The third-order valence-corrected chi connectivity index (χ3v) is 2.53. The quantitative estimate of drug-likeness (QED) is 0.529. The Hall–Kier alpha value is -0.750. The maximum atomic E-state index is 10.4. The Kier molecular flexibility index (Phi) is 13.8. The number of amides is 1. The highest BCUT2D eigenvalue weighted by molar-refractivity contribution is 7.80. The van der Waals surface area contributed by atoms with Gasteiger partial charge in [0.05, 0.1) is 12.0 Å². The Bertz CT molecular complexity index is 236. The van der Waals surface area contributed by atoms with Crippen molar-refractivity contribution in [2.24, 2.45) is 5.92 Å². The number of rotatable bonds is 7. The summed E-state index contributed by atoms with van der Waals surface area (Å²) in [5.41, 5.74) is 0. The molecule has 0 aromatic rings. The van der Waals surface area contributed by atoms with Crippen LogP contribution in [0.3, 0.4) is 0 Å². The van der Waals surface area contributed by atoms with Gasteiger partial charge in [-0.2, -0.15) is 12.6 Å². The van der Waals surface area contributed by atoms with Crippen molar-refractivity contribution in [3.8, 4) is 0 Å². The number of carboxylic acids is 1. The van der Waals surface area contributed by atoms with Crippen LogP contribution in [0.4, 0.5) is 0 Å². The first kappa shape index (κ1) is 19.6. The van der Waals surface area contributed by atoms with Crippen molar-refractivity contribution in [1.82, 2.24) is 5.32 Å². The van der Waals surface area contributed by atoms with E-state index >= 15 is 0 Å². The summed E-state index contributed by atoms with van der Waals surface area (Å²) < 4.78 is 0. The third-order valence-electron chi connectivity index (χ3n) is 2.31. The van der Waals surface area contributed by atoms with Gasteiger partial charge in [0.25, 0.3) is 0 Å². The molecule has 0 aromatic heterocycles. The van der Waals surface area contributed by atoms with E-state index in [2.05, 4.69) is 17.9 Å². The second-order valence-electron chi connectivity index (χ2n) is 3.91. The van der Waals surface area contributed by atoms with E-state index in [-0.39, 0.29) is 5.91 Å². The number of carbonyl (C=O) groups is 2. The fraction of sp³-hybridized carbons (Fsp3) is 0.833. The molecule has 0 aliphatic heterocycles. The molecule has 2 atom stereocenters. The second kappa shape index (κ2) is 12.7. The van der Waals surface area contributed by atoms with E-state index in [0.29, 0.717) is 25.1 Å².